The third kappa shape index (κ3) is 3.95. The first-order valence-corrected chi connectivity index (χ1v) is 12.5. The van der Waals surface area contributed by atoms with Crippen LogP contribution < -0.4 is 16.7 Å². The Hall–Kier alpha value is -3.50. The van der Waals surface area contributed by atoms with E-state index in [0.717, 1.165) is 24.8 Å². The molecule has 2 unspecified atom stereocenters. The number of carbonyl (C=O) groups excluding carboxylic acids is 1. The molecule has 10 heteroatoms. The highest BCUT2D eigenvalue weighted by atomic mass is 16.5. The number of aliphatic hydroxyl groups excluding tert-OH is 2. The molecule has 0 spiro atoms. The number of aliphatic imine (C=N–C) groups is 1. The molecule has 0 bridgehead atoms. The van der Waals surface area contributed by atoms with Gasteiger partial charge in [0.25, 0.3) is 5.95 Å². The van der Waals surface area contributed by atoms with Gasteiger partial charge in [0.15, 0.2) is 11.2 Å². The Morgan fingerprint density at radius 3 is 2.81 bits per heavy atom. The number of aromatic hydroxyl groups is 1. The van der Waals surface area contributed by atoms with Crippen molar-refractivity contribution in [3.63, 3.8) is 0 Å². The van der Waals surface area contributed by atoms with E-state index in [2.05, 4.69) is 34.5 Å². The summed E-state index contributed by atoms with van der Waals surface area (Å²) in [5.74, 6) is -0.416. The van der Waals surface area contributed by atoms with Gasteiger partial charge in [0, 0.05) is 24.5 Å². The van der Waals surface area contributed by atoms with Crippen LogP contribution in [0.4, 0.5) is 0 Å². The second kappa shape index (κ2) is 8.81. The van der Waals surface area contributed by atoms with Gasteiger partial charge in [0.2, 0.25) is 5.96 Å². The van der Waals surface area contributed by atoms with Crippen molar-refractivity contribution < 1.29 is 24.5 Å². The average Bonchev–Trinajstić information content (AvgIpc) is 3.35. The maximum absolute atomic E-state index is 12.1. The van der Waals surface area contributed by atoms with Crippen LogP contribution >= 0.6 is 0 Å². The average molecular weight is 508 g/mol. The first-order valence-electron chi connectivity index (χ1n) is 12.5. The summed E-state index contributed by atoms with van der Waals surface area (Å²) in [5.41, 5.74) is 7.27. The normalized spacial score (nSPS) is 32.3. The van der Waals surface area contributed by atoms with Crippen molar-refractivity contribution in [1.82, 2.24) is 9.55 Å². The summed E-state index contributed by atoms with van der Waals surface area (Å²) in [5, 5.41) is 31.4. The molecule has 37 heavy (non-hydrogen) atoms. The Labute approximate surface area is 214 Å². The van der Waals surface area contributed by atoms with E-state index in [1.807, 2.05) is 13.0 Å². The molecule has 5 rings (SSSR count). The second-order valence-corrected chi connectivity index (χ2v) is 11.0. The van der Waals surface area contributed by atoms with Gasteiger partial charge in [0.1, 0.15) is 11.2 Å². The summed E-state index contributed by atoms with van der Waals surface area (Å²) in [4.78, 5) is 24.1. The number of hydrogen-bond acceptors (Lipinski definition) is 8. The Bertz CT molecular complexity index is 1470. The van der Waals surface area contributed by atoms with Gasteiger partial charge in [-0.2, -0.15) is 9.98 Å². The predicted molar refractivity (Wildman–Crippen MR) is 137 cm³/mol. The number of amides is 1. The smallest absolute Gasteiger partial charge is 0.302 e. The van der Waals surface area contributed by atoms with Crippen molar-refractivity contribution in [3.8, 4) is 5.95 Å². The van der Waals surface area contributed by atoms with Crippen LogP contribution in [0.5, 0.6) is 5.95 Å². The molecule has 0 radical (unpaired) electrons. The molecule has 2 aromatic heterocycles. The molecule has 1 amide bonds. The number of aromatic nitrogens is 2. The number of carbonyl (C=O) groups is 1. The lowest BCUT2D eigenvalue weighted by Crippen LogP contribution is -2.57. The van der Waals surface area contributed by atoms with Crippen LogP contribution in [0.3, 0.4) is 0 Å². The van der Waals surface area contributed by atoms with Crippen molar-refractivity contribution in [1.29, 1.82) is 0 Å². The minimum Gasteiger partial charge on any atom is -0.480 e. The fourth-order valence-corrected chi connectivity index (χ4v) is 6.62. The number of furan rings is 1. The first kappa shape index (κ1) is 25.2. The van der Waals surface area contributed by atoms with E-state index in [-0.39, 0.29) is 41.5 Å². The van der Waals surface area contributed by atoms with Crippen molar-refractivity contribution in [2.45, 2.75) is 45.6 Å². The Morgan fingerprint density at radius 2 is 2.08 bits per heavy atom. The van der Waals surface area contributed by atoms with E-state index in [1.165, 1.54) is 0 Å². The number of allylic oxidation sites excluding steroid dienone is 2. The van der Waals surface area contributed by atoms with Gasteiger partial charge < -0.3 is 30.0 Å². The topological polar surface area (TPSA) is 159 Å². The highest BCUT2D eigenvalue weighted by molar-refractivity contribution is 6.03. The molecule has 5 atom stereocenters. The molecule has 2 aromatic rings. The number of nitrogens with two attached hydrogens (primary N) is 1. The third-order valence-electron chi connectivity index (χ3n) is 8.79. The van der Waals surface area contributed by atoms with Gasteiger partial charge in [-0.1, -0.05) is 38.2 Å². The molecule has 0 saturated heterocycles. The zero-order chi connectivity index (χ0) is 26.7. The van der Waals surface area contributed by atoms with Crippen LogP contribution in [-0.2, 0) is 7.05 Å². The van der Waals surface area contributed by atoms with Crippen LogP contribution in [0, 0.1) is 22.7 Å². The van der Waals surface area contributed by atoms with Crippen LogP contribution in [-0.4, -0.2) is 49.4 Å². The molecule has 2 saturated carbocycles. The van der Waals surface area contributed by atoms with Crippen molar-refractivity contribution in [2.75, 3.05) is 6.61 Å². The quantitative estimate of drug-likeness (QED) is 0.455. The Balaban J connectivity index is 1.46. The number of imidazole rings is 1. The summed E-state index contributed by atoms with van der Waals surface area (Å²) in [6.07, 6.45) is 8.08. The molecule has 1 aliphatic heterocycles. The fraction of sp³-hybridized carbons (Fsp3) is 0.481. The zero-order valence-electron chi connectivity index (χ0n) is 21.3. The zero-order valence-corrected chi connectivity index (χ0v) is 21.3. The van der Waals surface area contributed by atoms with Gasteiger partial charge in [-0.25, -0.2) is 4.98 Å². The van der Waals surface area contributed by atoms with E-state index >= 15 is 0 Å². The predicted octanol–water partition coefficient (Wildman–Crippen LogP) is 1.39. The monoisotopic (exact) mass is 507 g/mol. The molecule has 2 aliphatic carbocycles. The lowest BCUT2D eigenvalue weighted by molar-refractivity contribution is -0.145. The number of guanidine groups is 1. The SMILES string of the molecule is C=C1CCC2[C@](C)(CC[C@@H](O)[C@@]2(C)CO)C1C=Cc1cc(C=c2nc3c(n2C)=NC(N)=NC3=O)oc1O. The minimum atomic E-state index is -0.565. The largest absolute Gasteiger partial charge is 0.480 e. The number of aliphatic hydroxyl groups is 2. The maximum Gasteiger partial charge on any atom is 0.302 e. The molecular formula is C27H33N5O5. The molecule has 196 valence electrons. The standard InChI is InChI=1S/C27H33N5O5/c1-14-5-8-18-26(2,10-9-19(34)27(18,3)13-33)17(14)7-6-15-11-16(37-24(15)36)12-20-29-21-22(32(20)4)30-25(28)31-23(21)35/h6-7,11-12,17-19,33-34,36H,1,5,8-10,13H2,2-4H3,(H2,28,31,35)/t17?,18?,19-,26-,27+/m1/s1. The van der Waals surface area contributed by atoms with Crippen molar-refractivity contribution >= 4 is 24.0 Å². The van der Waals surface area contributed by atoms with Crippen LogP contribution in [0.15, 0.2) is 38.7 Å². The summed E-state index contributed by atoms with van der Waals surface area (Å²) in [6.45, 7) is 8.48. The van der Waals surface area contributed by atoms with Crippen LogP contribution in [0.2, 0.25) is 0 Å². The van der Waals surface area contributed by atoms with E-state index < -0.39 is 17.4 Å². The number of nitrogens with zero attached hydrogens (tertiary/aromatic N) is 4. The minimum absolute atomic E-state index is 0.0192. The van der Waals surface area contributed by atoms with E-state index in [1.54, 1.807) is 23.8 Å². The van der Waals surface area contributed by atoms with Gasteiger partial charge in [-0.05, 0) is 43.1 Å². The molecule has 0 aromatic carbocycles. The maximum atomic E-state index is 12.1. The first-order chi connectivity index (χ1) is 17.5. The molecule has 10 nitrogen and oxygen atoms in total. The van der Waals surface area contributed by atoms with Gasteiger partial charge in [-0.15, -0.1) is 0 Å². The van der Waals surface area contributed by atoms with E-state index in [4.69, 9.17) is 10.2 Å². The van der Waals surface area contributed by atoms with Crippen LogP contribution in [0.25, 0.3) is 12.2 Å². The van der Waals surface area contributed by atoms with Gasteiger partial charge in [0.05, 0.1) is 18.3 Å². The molecule has 3 aliphatic rings. The summed E-state index contributed by atoms with van der Waals surface area (Å²) >= 11 is 0. The molecule has 5 N–H and O–H groups in total. The lowest BCUT2D eigenvalue weighted by atomic mass is 9.46. The van der Waals surface area contributed by atoms with E-state index in [9.17, 15) is 20.1 Å². The van der Waals surface area contributed by atoms with Crippen molar-refractivity contribution in [3.05, 3.63) is 52.3 Å². The van der Waals surface area contributed by atoms with Gasteiger partial charge in [-0.3, -0.25) is 4.79 Å². The number of fused-ring (bicyclic) bond motifs is 2. The second-order valence-electron chi connectivity index (χ2n) is 11.0. The summed E-state index contributed by atoms with van der Waals surface area (Å²) in [7, 11) is 1.70. The Morgan fingerprint density at radius 1 is 1.32 bits per heavy atom. The molecular weight excluding hydrogens is 474 g/mol. The van der Waals surface area contributed by atoms with Crippen molar-refractivity contribution in [2.24, 2.45) is 45.4 Å². The van der Waals surface area contributed by atoms with E-state index in [0.29, 0.717) is 28.7 Å². The fourth-order valence-electron chi connectivity index (χ4n) is 6.62. The summed E-state index contributed by atoms with van der Waals surface area (Å²) in [6, 6.07) is 1.69. The van der Waals surface area contributed by atoms with Gasteiger partial charge >= 0.3 is 5.91 Å². The molecule has 3 heterocycles. The number of rotatable bonds is 4. The third-order valence-corrected chi connectivity index (χ3v) is 8.79. The summed E-state index contributed by atoms with van der Waals surface area (Å²) < 4.78 is 7.16. The number of hydrogen-bond donors (Lipinski definition) is 4. The van der Waals surface area contributed by atoms with Crippen LogP contribution in [0.1, 0.15) is 61.3 Å². The molecule has 2 fully saturated rings. The highest BCUT2D eigenvalue weighted by Gasteiger charge is 2.57. The Kier molecular flexibility index (Phi) is 5.99. The highest BCUT2D eigenvalue weighted by Crippen LogP contribution is 2.61. The lowest BCUT2D eigenvalue weighted by Gasteiger charge is -2.59.